The number of carbonyl (C=O) groups is 1. The molecule has 3 aromatic rings. The molecule has 0 N–H and O–H groups in total. The van der Waals surface area contributed by atoms with Crippen molar-refractivity contribution >= 4 is 5.78 Å². The number of carbonyl (C=O) groups excluding carboxylic acids is 1. The predicted octanol–water partition coefficient (Wildman–Crippen LogP) is 5.40. The molecule has 176 valence electrons. The molecular formula is C29H31NO4. The Morgan fingerprint density at radius 3 is 2.32 bits per heavy atom. The number of ketones is 1. The van der Waals surface area contributed by atoms with E-state index in [2.05, 4.69) is 35.2 Å². The lowest BCUT2D eigenvalue weighted by Crippen LogP contribution is -2.41. The van der Waals surface area contributed by atoms with Gasteiger partial charge in [-0.1, -0.05) is 54.6 Å². The molecule has 0 heterocycles. The molecule has 2 unspecified atom stereocenters. The molecule has 2 atom stereocenters. The van der Waals surface area contributed by atoms with Crippen molar-refractivity contribution in [3.63, 3.8) is 0 Å². The van der Waals surface area contributed by atoms with Crippen LogP contribution < -0.4 is 14.2 Å². The molecule has 0 aromatic heterocycles. The van der Waals surface area contributed by atoms with Crippen LogP contribution in [0.2, 0.25) is 0 Å². The number of ether oxygens (including phenoxy) is 3. The SMILES string of the molecule is COc1ccc(CN(C2CCc3ccccc3C2)C2CC(=O)c3ccccc32)c(OC)c1OC. The molecule has 2 aliphatic carbocycles. The first-order valence-electron chi connectivity index (χ1n) is 11.9. The maximum atomic E-state index is 12.9. The second-order valence-electron chi connectivity index (χ2n) is 9.06. The smallest absolute Gasteiger partial charge is 0.203 e. The number of benzene rings is 3. The number of Topliss-reactive ketones (excluding diaryl/α,β-unsaturated/α-hetero) is 1. The van der Waals surface area contributed by atoms with Crippen LogP contribution in [0.15, 0.2) is 60.7 Å². The lowest BCUT2D eigenvalue weighted by Gasteiger charge is -2.39. The van der Waals surface area contributed by atoms with Crippen molar-refractivity contribution in [3.8, 4) is 17.2 Å². The van der Waals surface area contributed by atoms with Gasteiger partial charge in [-0.25, -0.2) is 0 Å². The molecule has 0 saturated carbocycles. The molecule has 0 saturated heterocycles. The topological polar surface area (TPSA) is 48.0 Å². The molecule has 0 radical (unpaired) electrons. The fourth-order valence-corrected chi connectivity index (χ4v) is 5.67. The van der Waals surface area contributed by atoms with Crippen molar-refractivity contribution in [2.24, 2.45) is 0 Å². The van der Waals surface area contributed by atoms with Crippen molar-refractivity contribution in [2.45, 2.75) is 44.3 Å². The summed E-state index contributed by atoms with van der Waals surface area (Å²) in [6.07, 6.45) is 3.58. The van der Waals surface area contributed by atoms with Gasteiger partial charge in [0.15, 0.2) is 17.3 Å². The zero-order valence-corrected chi connectivity index (χ0v) is 20.0. The summed E-state index contributed by atoms with van der Waals surface area (Å²) in [7, 11) is 4.92. The summed E-state index contributed by atoms with van der Waals surface area (Å²) in [6, 6.07) is 21.1. The van der Waals surface area contributed by atoms with Gasteiger partial charge in [0.1, 0.15) is 0 Å². The van der Waals surface area contributed by atoms with Crippen molar-refractivity contribution in [3.05, 3.63) is 88.5 Å². The largest absolute Gasteiger partial charge is 0.493 e. The van der Waals surface area contributed by atoms with Crippen LogP contribution in [0.25, 0.3) is 0 Å². The predicted molar refractivity (Wildman–Crippen MR) is 132 cm³/mol. The normalized spacial score (nSPS) is 19.0. The van der Waals surface area contributed by atoms with E-state index in [4.69, 9.17) is 14.2 Å². The van der Waals surface area contributed by atoms with Gasteiger partial charge in [-0.3, -0.25) is 9.69 Å². The van der Waals surface area contributed by atoms with E-state index in [-0.39, 0.29) is 11.8 Å². The van der Waals surface area contributed by atoms with Crippen LogP contribution in [0, 0.1) is 0 Å². The molecule has 0 aliphatic heterocycles. The Kier molecular flexibility index (Phi) is 6.29. The number of aryl methyl sites for hydroxylation is 1. The van der Waals surface area contributed by atoms with E-state index in [0.29, 0.717) is 36.3 Å². The average Bonchev–Trinajstić information content (AvgIpc) is 3.22. The van der Waals surface area contributed by atoms with Gasteiger partial charge in [0.05, 0.1) is 21.3 Å². The third-order valence-electron chi connectivity index (χ3n) is 7.33. The highest BCUT2D eigenvalue weighted by Crippen LogP contribution is 2.44. The monoisotopic (exact) mass is 457 g/mol. The Hall–Kier alpha value is -3.31. The highest BCUT2D eigenvalue weighted by Gasteiger charge is 2.38. The van der Waals surface area contributed by atoms with Crippen LogP contribution in [0.1, 0.15) is 51.5 Å². The zero-order valence-electron chi connectivity index (χ0n) is 20.0. The van der Waals surface area contributed by atoms with Crippen LogP contribution in [0.4, 0.5) is 0 Å². The van der Waals surface area contributed by atoms with E-state index < -0.39 is 0 Å². The van der Waals surface area contributed by atoms with Crippen molar-refractivity contribution in [1.82, 2.24) is 4.90 Å². The molecular weight excluding hydrogens is 426 g/mol. The lowest BCUT2D eigenvalue weighted by molar-refractivity contribution is 0.0859. The molecule has 5 heteroatoms. The van der Waals surface area contributed by atoms with E-state index in [1.165, 1.54) is 11.1 Å². The first-order valence-corrected chi connectivity index (χ1v) is 11.9. The lowest BCUT2D eigenvalue weighted by atomic mass is 9.86. The molecule has 0 bridgehead atoms. The molecule has 2 aliphatic rings. The summed E-state index contributed by atoms with van der Waals surface area (Å²) in [4.78, 5) is 15.5. The zero-order chi connectivity index (χ0) is 23.7. The Balaban J connectivity index is 1.56. The fraction of sp³-hybridized carbons (Fsp3) is 0.345. The third kappa shape index (κ3) is 3.94. The highest BCUT2D eigenvalue weighted by molar-refractivity contribution is 6.01. The number of rotatable bonds is 7. The Bertz CT molecular complexity index is 1200. The Labute approximate surface area is 201 Å². The van der Waals surface area contributed by atoms with E-state index in [0.717, 1.165) is 36.0 Å². The summed E-state index contributed by atoms with van der Waals surface area (Å²) < 4.78 is 16.9. The molecule has 34 heavy (non-hydrogen) atoms. The minimum absolute atomic E-state index is 0.0387. The summed E-state index contributed by atoms with van der Waals surface area (Å²) in [5, 5.41) is 0. The Morgan fingerprint density at radius 2 is 1.56 bits per heavy atom. The van der Waals surface area contributed by atoms with Crippen LogP contribution in [0.5, 0.6) is 17.2 Å². The summed E-state index contributed by atoms with van der Waals surface area (Å²) in [6.45, 7) is 0.655. The Morgan fingerprint density at radius 1 is 0.824 bits per heavy atom. The second-order valence-corrected chi connectivity index (χ2v) is 9.06. The van der Waals surface area contributed by atoms with E-state index in [1.54, 1.807) is 21.3 Å². The average molecular weight is 458 g/mol. The quantitative estimate of drug-likeness (QED) is 0.475. The number of fused-ring (bicyclic) bond motifs is 2. The van der Waals surface area contributed by atoms with Gasteiger partial charge in [0.2, 0.25) is 5.75 Å². The maximum Gasteiger partial charge on any atom is 0.203 e. The van der Waals surface area contributed by atoms with Gasteiger partial charge in [-0.15, -0.1) is 0 Å². The third-order valence-corrected chi connectivity index (χ3v) is 7.33. The molecule has 3 aromatic carbocycles. The highest BCUT2D eigenvalue weighted by atomic mass is 16.5. The van der Waals surface area contributed by atoms with Crippen molar-refractivity contribution < 1.29 is 19.0 Å². The minimum Gasteiger partial charge on any atom is -0.493 e. The van der Waals surface area contributed by atoms with Gasteiger partial charge < -0.3 is 14.2 Å². The van der Waals surface area contributed by atoms with Gasteiger partial charge in [-0.05, 0) is 42.0 Å². The molecule has 0 spiro atoms. The molecule has 5 nitrogen and oxygen atoms in total. The van der Waals surface area contributed by atoms with E-state index in [9.17, 15) is 4.79 Å². The van der Waals surface area contributed by atoms with E-state index in [1.807, 2.05) is 30.3 Å². The van der Waals surface area contributed by atoms with Crippen LogP contribution in [-0.4, -0.2) is 38.1 Å². The first kappa shape index (κ1) is 22.5. The van der Waals surface area contributed by atoms with Crippen LogP contribution in [-0.2, 0) is 19.4 Å². The van der Waals surface area contributed by atoms with Crippen LogP contribution >= 0.6 is 0 Å². The number of methoxy groups -OCH3 is 3. The minimum atomic E-state index is 0.0387. The van der Waals surface area contributed by atoms with Crippen molar-refractivity contribution in [1.29, 1.82) is 0 Å². The van der Waals surface area contributed by atoms with E-state index >= 15 is 0 Å². The molecule has 0 fully saturated rings. The maximum absolute atomic E-state index is 12.9. The number of hydrogen-bond donors (Lipinski definition) is 0. The standard InChI is InChI=1S/C29H31NO4/c1-32-27-15-13-21(28(33-2)29(27)34-3)18-30(22-14-12-19-8-4-5-9-20(19)16-22)25-17-26(31)24-11-7-6-10-23(24)25/h4-11,13,15,22,25H,12,14,16-18H2,1-3H3. The van der Waals surface area contributed by atoms with Gasteiger partial charge in [-0.2, -0.15) is 0 Å². The number of nitrogens with zero attached hydrogens (tertiary/aromatic N) is 1. The van der Waals surface area contributed by atoms with Gasteiger partial charge in [0.25, 0.3) is 0 Å². The summed E-state index contributed by atoms with van der Waals surface area (Å²) >= 11 is 0. The van der Waals surface area contributed by atoms with Crippen molar-refractivity contribution in [2.75, 3.05) is 21.3 Å². The summed E-state index contributed by atoms with van der Waals surface area (Å²) in [5.41, 5.74) is 5.85. The molecule has 5 rings (SSSR count). The first-order chi connectivity index (χ1) is 16.6. The fourth-order valence-electron chi connectivity index (χ4n) is 5.67. The summed E-state index contributed by atoms with van der Waals surface area (Å²) in [5.74, 6) is 2.14. The van der Waals surface area contributed by atoms with Gasteiger partial charge in [0, 0.05) is 36.2 Å². The molecule has 0 amide bonds. The second kappa shape index (κ2) is 9.51. The van der Waals surface area contributed by atoms with Gasteiger partial charge >= 0.3 is 0 Å². The number of hydrogen-bond acceptors (Lipinski definition) is 5. The van der Waals surface area contributed by atoms with Crippen LogP contribution in [0.3, 0.4) is 0 Å².